The number of carbonyl (C=O) groups is 2. The molecule has 2 unspecified atom stereocenters. The molecule has 3 aliphatic rings. The van der Waals surface area contributed by atoms with Crippen LogP contribution in [-0.2, 0) is 9.59 Å². The van der Waals surface area contributed by atoms with Crippen LogP contribution in [0.2, 0.25) is 0 Å². The van der Waals surface area contributed by atoms with Crippen LogP contribution in [0, 0.1) is 16.7 Å². The number of carbonyl (C=O) groups excluding carboxylic acids is 2. The van der Waals surface area contributed by atoms with Gasteiger partial charge >= 0.3 is 0 Å². The molecule has 0 heterocycles. The number of Topliss-reactive ketones (excluding diaryl/α,β-unsaturated/α-hetero) is 2. The highest BCUT2D eigenvalue weighted by Crippen LogP contribution is 2.51. The van der Waals surface area contributed by atoms with Crippen molar-refractivity contribution in [2.45, 2.75) is 34.1 Å². The molecule has 0 aliphatic heterocycles. The minimum atomic E-state index is -0.689. The highest BCUT2D eigenvalue weighted by atomic mass is 16.1. The standard InChI is InChI=1S/C14H18O2/c1-5-11(15)10-8-9-6-7-14(10,4)12(16)13(9,2)3/h6-9H,5H2,1-4H3. The molecule has 0 aromatic heterocycles. The van der Waals surface area contributed by atoms with Gasteiger partial charge in [-0.15, -0.1) is 0 Å². The van der Waals surface area contributed by atoms with E-state index in [9.17, 15) is 9.59 Å². The van der Waals surface area contributed by atoms with Gasteiger partial charge in [-0.25, -0.2) is 0 Å². The van der Waals surface area contributed by atoms with Crippen molar-refractivity contribution >= 4 is 11.6 Å². The zero-order valence-corrected chi connectivity index (χ0v) is 10.3. The summed E-state index contributed by atoms with van der Waals surface area (Å²) in [6, 6.07) is 0. The van der Waals surface area contributed by atoms with Crippen molar-refractivity contribution in [1.29, 1.82) is 0 Å². The van der Waals surface area contributed by atoms with Gasteiger partial charge in [-0.1, -0.05) is 39.0 Å². The average Bonchev–Trinajstić information content (AvgIpc) is 2.25. The SMILES string of the molecule is CCC(=O)C1=CC2C=CC1(C)C(=O)C2(C)C. The van der Waals surface area contributed by atoms with Crippen LogP contribution in [0.5, 0.6) is 0 Å². The summed E-state index contributed by atoms with van der Waals surface area (Å²) in [7, 11) is 0. The van der Waals surface area contributed by atoms with E-state index >= 15 is 0 Å². The van der Waals surface area contributed by atoms with E-state index in [1.807, 2.05) is 39.8 Å². The maximum atomic E-state index is 12.4. The third-order valence-electron chi connectivity index (χ3n) is 4.05. The average molecular weight is 218 g/mol. The van der Waals surface area contributed by atoms with Gasteiger partial charge < -0.3 is 0 Å². The topological polar surface area (TPSA) is 34.1 Å². The van der Waals surface area contributed by atoms with E-state index < -0.39 is 5.41 Å². The summed E-state index contributed by atoms with van der Waals surface area (Å²) in [6.07, 6.45) is 6.44. The fraction of sp³-hybridized carbons (Fsp3) is 0.571. The lowest BCUT2D eigenvalue weighted by molar-refractivity contribution is -0.137. The van der Waals surface area contributed by atoms with Crippen molar-refractivity contribution in [3.05, 3.63) is 23.8 Å². The fourth-order valence-electron chi connectivity index (χ4n) is 2.83. The normalized spacial score (nSPS) is 35.1. The van der Waals surface area contributed by atoms with Gasteiger partial charge in [0, 0.05) is 23.3 Å². The molecule has 2 heteroatoms. The Kier molecular flexibility index (Phi) is 2.23. The summed E-state index contributed by atoms with van der Waals surface area (Å²) in [6.45, 7) is 7.63. The van der Waals surface area contributed by atoms with Crippen LogP contribution < -0.4 is 0 Å². The Morgan fingerprint density at radius 3 is 2.56 bits per heavy atom. The first-order chi connectivity index (χ1) is 7.34. The van der Waals surface area contributed by atoms with Gasteiger partial charge in [-0.05, 0) is 6.92 Å². The summed E-state index contributed by atoms with van der Waals surface area (Å²) in [4.78, 5) is 24.3. The second kappa shape index (κ2) is 3.16. The third kappa shape index (κ3) is 1.19. The molecule has 2 atom stereocenters. The van der Waals surface area contributed by atoms with Gasteiger partial charge in [0.1, 0.15) is 0 Å². The highest BCUT2D eigenvalue weighted by Gasteiger charge is 2.53. The largest absolute Gasteiger partial charge is 0.298 e. The predicted octanol–water partition coefficient (Wildman–Crippen LogP) is 2.69. The van der Waals surface area contributed by atoms with Crippen molar-refractivity contribution in [1.82, 2.24) is 0 Å². The number of ketones is 2. The van der Waals surface area contributed by atoms with Crippen molar-refractivity contribution < 1.29 is 9.59 Å². The molecular formula is C14H18O2. The summed E-state index contributed by atoms with van der Waals surface area (Å²) in [5.41, 5.74) is -0.362. The molecule has 0 amide bonds. The predicted molar refractivity (Wildman–Crippen MR) is 62.9 cm³/mol. The molecule has 3 aliphatic carbocycles. The first-order valence-electron chi connectivity index (χ1n) is 5.83. The van der Waals surface area contributed by atoms with Crippen molar-refractivity contribution in [2.75, 3.05) is 0 Å². The van der Waals surface area contributed by atoms with E-state index in [0.717, 1.165) is 0 Å². The fourth-order valence-corrected chi connectivity index (χ4v) is 2.83. The maximum absolute atomic E-state index is 12.4. The molecule has 0 saturated heterocycles. The van der Waals surface area contributed by atoms with Crippen molar-refractivity contribution in [3.8, 4) is 0 Å². The molecule has 0 saturated carbocycles. The Bertz CT molecular complexity index is 426. The lowest BCUT2D eigenvalue weighted by Crippen LogP contribution is -2.50. The van der Waals surface area contributed by atoms with Crippen molar-refractivity contribution in [3.63, 3.8) is 0 Å². The second-order valence-electron chi connectivity index (χ2n) is 5.50. The first kappa shape index (κ1) is 11.3. The lowest BCUT2D eigenvalue weighted by atomic mass is 9.54. The quantitative estimate of drug-likeness (QED) is 0.668. The number of hydrogen-bond acceptors (Lipinski definition) is 2. The molecule has 86 valence electrons. The van der Waals surface area contributed by atoms with Gasteiger partial charge in [-0.2, -0.15) is 0 Å². The second-order valence-corrected chi connectivity index (χ2v) is 5.50. The Morgan fingerprint density at radius 2 is 2.00 bits per heavy atom. The van der Waals surface area contributed by atoms with Crippen LogP contribution in [0.3, 0.4) is 0 Å². The molecule has 0 N–H and O–H groups in total. The van der Waals surface area contributed by atoms with E-state index in [1.165, 1.54) is 0 Å². The minimum Gasteiger partial charge on any atom is -0.298 e. The molecule has 2 bridgehead atoms. The van der Waals surface area contributed by atoms with E-state index in [0.29, 0.717) is 12.0 Å². The zero-order valence-electron chi connectivity index (χ0n) is 10.3. The Hall–Kier alpha value is -1.18. The third-order valence-corrected chi connectivity index (χ3v) is 4.05. The van der Waals surface area contributed by atoms with Gasteiger partial charge in [0.05, 0.1) is 5.41 Å². The number of allylic oxidation sites excluding steroid dienone is 4. The van der Waals surface area contributed by atoms with Gasteiger partial charge in [0.25, 0.3) is 0 Å². The van der Waals surface area contributed by atoms with Crippen LogP contribution in [0.1, 0.15) is 34.1 Å². The van der Waals surface area contributed by atoms with Crippen LogP contribution in [0.25, 0.3) is 0 Å². The molecule has 16 heavy (non-hydrogen) atoms. The highest BCUT2D eigenvalue weighted by molar-refractivity contribution is 6.09. The molecular weight excluding hydrogens is 200 g/mol. The molecule has 0 spiro atoms. The number of hydrogen-bond donors (Lipinski definition) is 0. The maximum Gasteiger partial charge on any atom is 0.159 e. The molecule has 0 aromatic rings. The van der Waals surface area contributed by atoms with E-state index in [-0.39, 0.29) is 22.9 Å². The molecule has 2 nitrogen and oxygen atoms in total. The number of fused-ring (bicyclic) bond motifs is 1. The van der Waals surface area contributed by atoms with Crippen LogP contribution in [-0.4, -0.2) is 11.6 Å². The lowest BCUT2D eigenvalue weighted by Gasteiger charge is -2.47. The summed E-state index contributed by atoms with van der Waals surface area (Å²) in [5, 5.41) is 0. The molecule has 3 rings (SSSR count). The minimum absolute atomic E-state index is 0.0762. The first-order valence-corrected chi connectivity index (χ1v) is 5.83. The van der Waals surface area contributed by atoms with Gasteiger partial charge in [-0.3, -0.25) is 9.59 Å². The van der Waals surface area contributed by atoms with Crippen LogP contribution in [0.15, 0.2) is 23.8 Å². The Labute approximate surface area is 96.4 Å². The van der Waals surface area contributed by atoms with Gasteiger partial charge in [0.15, 0.2) is 11.6 Å². The van der Waals surface area contributed by atoms with Gasteiger partial charge in [0.2, 0.25) is 0 Å². The Morgan fingerprint density at radius 1 is 1.38 bits per heavy atom. The van der Waals surface area contributed by atoms with E-state index in [2.05, 4.69) is 6.08 Å². The summed E-state index contributed by atoms with van der Waals surface area (Å²) < 4.78 is 0. The Balaban J connectivity index is 2.56. The van der Waals surface area contributed by atoms with Crippen molar-refractivity contribution in [2.24, 2.45) is 16.7 Å². The summed E-state index contributed by atoms with van der Waals surface area (Å²) >= 11 is 0. The van der Waals surface area contributed by atoms with Crippen LogP contribution in [0.4, 0.5) is 0 Å². The molecule has 0 fully saturated rings. The molecule has 0 radical (unpaired) electrons. The zero-order chi connectivity index (χ0) is 12.1. The van der Waals surface area contributed by atoms with Crippen LogP contribution >= 0.6 is 0 Å². The summed E-state index contributed by atoms with van der Waals surface area (Å²) in [5.74, 6) is 0.347. The molecule has 0 aromatic carbocycles. The van der Waals surface area contributed by atoms with E-state index in [1.54, 1.807) is 0 Å². The monoisotopic (exact) mass is 218 g/mol. The van der Waals surface area contributed by atoms with E-state index in [4.69, 9.17) is 0 Å². The number of rotatable bonds is 2. The smallest absolute Gasteiger partial charge is 0.159 e.